The van der Waals surface area contributed by atoms with Crippen molar-refractivity contribution in [1.29, 1.82) is 0 Å². The number of aliphatic hydroxyl groups is 1. The highest BCUT2D eigenvalue weighted by Gasteiger charge is 2.19. The van der Waals surface area contributed by atoms with Crippen molar-refractivity contribution in [2.24, 2.45) is 0 Å². The lowest BCUT2D eigenvalue weighted by Crippen LogP contribution is -2.28. The van der Waals surface area contributed by atoms with Gasteiger partial charge in [-0.15, -0.1) is 11.3 Å². The second-order valence-electron chi connectivity index (χ2n) is 3.82. The van der Waals surface area contributed by atoms with Gasteiger partial charge in [0.1, 0.15) is 0 Å². The van der Waals surface area contributed by atoms with Crippen LogP contribution in [0.15, 0.2) is 6.20 Å². The first kappa shape index (κ1) is 10.1. The number of piperidine rings is 1. The molecule has 0 bridgehead atoms. The zero-order valence-electron chi connectivity index (χ0n) is 8.36. The summed E-state index contributed by atoms with van der Waals surface area (Å²) in [5, 5.41) is 13.9. The van der Waals surface area contributed by atoms with Crippen LogP contribution in [0.4, 0.5) is 0 Å². The predicted octanol–water partition coefficient (Wildman–Crippen LogP) is 1.66. The Labute approximate surface area is 88.2 Å². The maximum atomic E-state index is 9.39. The van der Waals surface area contributed by atoms with E-state index < -0.39 is 0 Å². The number of rotatable bonds is 2. The summed E-state index contributed by atoms with van der Waals surface area (Å²) in [5.41, 5.74) is 0. The summed E-state index contributed by atoms with van der Waals surface area (Å²) < 4.78 is 0. The fourth-order valence-electron chi connectivity index (χ4n) is 1.75. The molecule has 78 valence electrons. The number of aromatic nitrogens is 1. The highest BCUT2D eigenvalue weighted by Crippen LogP contribution is 2.29. The predicted molar refractivity (Wildman–Crippen MR) is 57.6 cm³/mol. The molecule has 2 rings (SSSR count). The summed E-state index contributed by atoms with van der Waals surface area (Å²) >= 11 is 1.65. The van der Waals surface area contributed by atoms with Gasteiger partial charge in [0.15, 0.2) is 0 Å². The van der Waals surface area contributed by atoms with Crippen LogP contribution in [0.1, 0.15) is 41.7 Å². The zero-order valence-corrected chi connectivity index (χ0v) is 9.18. The molecule has 1 aliphatic heterocycles. The van der Waals surface area contributed by atoms with Crippen LogP contribution in [0.2, 0.25) is 0 Å². The van der Waals surface area contributed by atoms with Gasteiger partial charge in [-0.2, -0.15) is 0 Å². The summed E-state index contributed by atoms with van der Waals surface area (Å²) in [6, 6.07) is 0. The third-order valence-electron chi connectivity index (χ3n) is 2.60. The van der Waals surface area contributed by atoms with Crippen LogP contribution in [-0.4, -0.2) is 23.2 Å². The average Bonchev–Trinajstić information content (AvgIpc) is 2.68. The Hall–Kier alpha value is -0.450. The van der Waals surface area contributed by atoms with Gasteiger partial charge in [0.2, 0.25) is 0 Å². The van der Waals surface area contributed by atoms with Crippen molar-refractivity contribution in [3.63, 3.8) is 0 Å². The van der Waals surface area contributed by atoms with E-state index in [2.05, 4.69) is 10.3 Å². The highest BCUT2D eigenvalue weighted by molar-refractivity contribution is 7.11. The molecule has 0 aromatic carbocycles. The molecule has 0 spiro atoms. The quantitative estimate of drug-likeness (QED) is 0.783. The van der Waals surface area contributed by atoms with Crippen LogP contribution in [0, 0.1) is 0 Å². The minimum atomic E-state index is -0.377. The van der Waals surface area contributed by atoms with Crippen molar-refractivity contribution in [1.82, 2.24) is 10.3 Å². The summed E-state index contributed by atoms with van der Waals surface area (Å²) in [6.45, 7) is 3.95. The number of thiazole rings is 1. The Morgan fingerprint density at radius 2 is 2.57 bits per heavy atom. The smallest absolute Gasteiger partial charge is 0.0972 e. The van der Waals surface area contributed by atoms with E-state index in [0.29, 0.717) is 5.92 Å². The van der Waals surface area contributed by atoms with Crippen LogP contribution in [0.3, 0.4) is 0 Å². The Morgan fingerprint density at radius 3 is 3.14 bits per heavy atom. The lowest BCUT2D eigenvalue weighted by molar-refractivity contribution is 0.203. The molecule has 2 atom stereocenters. The van der Waals surface area contributed by atoms with Gasteiger partial charge < -0.3 is 10.4 Å². The second-order valence-corrected chi connectivity index (χ2v) is 4.91. The molecular formula is C10H16N2OS. The van der Waals surface area contributed by atoms with Crippen LogP contribution >= 0.6 is 11.3 Å². The molecule has 0 amide bonds. The third-order valence-corrected chi connectivity index (χ3v) is 3.93. The molecule has 0 radical (unpaired) electrons. The zero-order chi connectivity index (χ0) is 9.97. The molecule has 2 unspecified atom stereocenters. The van der Waals surface area contributed by atoms with E-state index in [4.69, 9.17) is 0 Å². The largest absolute Gasteiger partial charge is 0.388 e. The molecule has 1 saturated heterocycles. The van der Waals surface area contributed by atoms with E-state index in [1.807, 2.05) is 0 Å². The van der Waals surface area contributed by atoms with Crippen LogP contribution in [-0.2, 0) is 0 Å². The lowest BCUT2D eigenvalue weighted by Gasteiger charge is -2.20. The first-order valence-corrected chi connectivity index (χ1v) is 5.93. The monoisotopic (exact) mass is 212 g/mol. The minimum absolute atomic E-state index is 0.377. The van der Waals surface area contributed by atoms with Crippen molar-refractivity contribution < 1.29 is 5.11 Å². The second kappa shape index (κ2) is 4.38. The van der Waals surface area contributed by atoms with Crippen LogP contribution in [0.5, 0.6) is 0 Å². The lowest BCUT2D eigenvalue weighted by atomic mass is 10.0. The van der Waals surface area contributed by atoms with Gasteiger partial charge in [0.05, 0.1) is 16.0 Å². The standard InChI is InChI=1S/C10H16N2OS/c1-7(13)9-6-12-10(14-9)8-3-2-4-11-5-8/h6-8,11,13H,2-5H2,1H3. The van der Waals surface area contributed by atoms with Gasteiger partial charge in [-0.05, 0) is 26.3 Å². The van der Waals surface area contributed by atoms with E-state index in [-0.39, 0.29) is 6.10 Å². The number of nitrogens with zero attached hydrogens (tertiary/aromatic N) is 1. The number of aliphatic hydroxyl groups excluding tert-OH is 1. The van der Waals surface area contributed by atoms with Gasteiger partial charge in [-0.25, -0.2) is 4.98 Å². The van der Waals surface area contributed by atoms with E-state index in [9.17, 15) is 5.11 Å². The maximum Gasteiger partial charge on any atom is 0.0972 e. The number of hydrogen-bond donors (Lipinski definition) is 2. The molecule has 1 aliphatic rings. The fourth-order valence-corrected chi connectivity index (χ4v) is 2.74. The summed E-state index contributed by atoms with van der Waals surface area (Å²) in [4.78, 5) is 5.36. The minimum Gasteiger partial charge on any atom is -0.388 e. The van der Waals surface area contributed by atoms with Crippen molar-refractivity contribution >= 4 is 11.3 Å². The summed E-state index contributed by atoms with van der Waals surface area (Å²) in [6.07, 6.45) is 3.88. The molecule has 0 aliphatic carbocycles. The molecule has 1 aromatic rings. The molecule has 2 heterocycles. The maximum absolute atomic E-state index is 9.39. The Morgan fingerprint density at radius 1 is 1.71 bits per heavy atom. The molecule has 4 heteroatoms. The van der Waals surface area contributed by atoms with Gasteiger partial charge in [-0.1, -0.05) is 0 Å². The van der Waals surface area contributed by atoms with Gasteiger partial charge >= 0.3 is 0 Å². The first-order chi connectivity index (χ1) is 6.77. The molecule has 1 aromatic heterocycles. The fraction of sp³-hybridized carbons (Fsp3) is 0.700. The number of hydrogen-bond acceptors (Lipinski definition) is 4. The molecule has 1 fully saturated rings. The summed E-state index contributed by atoms with van der Waals surface area (Å²) in [5.74, 6) is 0.557. The van der Waals surface area contributed by atoms with Gasteiger partial charge in [0.25, 0.3) is 0 Å². The Kier molecular flexibility index (Phi) is 3.15. The normalized spacial score (nSPS) is 24.9. The molecule has 3 nitrogen and oxygen atoms in total. The van der Waals surface area contributed by atoms with Crippen molar-refractivity contribution in [3.05, 3.63) is 16.1 Å². The van der Waals surface area contributed by atoms with Gasteiger partial charge in [0, 0.05) is 18.7 Å². The number of nitrogens with one attached hydrogen (secondary N) is 1. The SMILES string of the molecule is CC(O)c1cnc(C2CCCNC2)s1. The molecule has 2 N–H and O–H groups in total. The highest BCUT2D eigenvalue weighted by atomic mass is 32.1. The van der Waals surface area contributed by atoms with E-state index in [0.717, 1.165) is 18.0 Å². The molecule has 0 saturated carbocycles. The van der Waals surface area contributed by atoms with Crippen molar-refractivity contribution in [2.75, 3.05) is 13.1 Å². The van der Waals surface area contributed by atoms with E-state index in [1.54, 1.807) is 24.5 Å². The average molecular weight is 212 g/mol. The van der Waals surface area contributed by atoms with E-state index in [1.165, 1.54) is 17.8 Å². The Balaban J connectivity index is 2.07. The topological polar surface area (TPSA) is 45.2 Å². The van der Waals surface area contributed by atoms with E-state index >= 15 is 0 Å². The van der Waals surface area contributed by atoms with Crippen LogP contribution in [0.25, 0.3) is 0 Å². The Bertz CT molecular complexity index is 292. The van der Waals surface area contributed by atoms with Gasteiger partial charge in [-0.3, -0.25) is 0 Å². The third kappa shape index (κ3) is 2.13. The van der Waals surface area contributed by atoms with Crippen molar-refractivity contribution in [3.8, 4) is 0 Å². The first-order valence-electron chi connectivity index (χ1n) is 5.12. The van der Waals surface area contributed by atoms with Crippen LogP contribution < -0.4 is 5.32 Å². The molecule has 14 heavy (non-hydrogen) atoms. The molecular weight excluding hydrogens is 196 g/mol. The summed E-state index contributed by atoms with van der Waals surface area (Å²) in [7, 11) is 0. The van der Waals surface area contributed by atoms with Crippen molar-refractivity contribution in [2.45, 2.75) is 31.8 Å².